The van der Waals surface area contributed by atoms with Crippen LogP contribution in [0.2, 0.25) is 0 Å². The third kappa shape index (κ3) is 7.35. The molecule has 1 heterocycles. The maximum atomic E-state index is 4.24. The highest BCUT2D eigenvalue weighted by atomic mass is 32.1. The van der Waals surface area contributed by atoms with Crippen molar-refractivity contribution in [1.29, 1.82) is 0 Å². The van der Waals surface area contributed by atoms with Crippen LogP contribution < -0.4 is 0 Å². The molecular weight excluding hydrogens is 226 g/mol. The molecule has 1 aliphatic heterocycles. The van der Waals surface area contributed by atoms with E-state index in [1.807, 2.05) is 0 Å². The molecule has 1 aliphatic rings. The number of likely N-dealkylation sites (tertiary alicyclic amines) is 1. The Morgan fingerprint density at radius 1 is 1.00 bits per heavy atom. The Hall–Kier alpha value is 0.310. The van der Waals surface area contributed by atoms with Crippen molar-refractivity contribution in [2.24, 2.45) is 5.92 Å². The molecule has 0 aromatic heterocycles. The van der Waals surface area contributed by atoms with Gasteiger partial charge in [-0.3, -0.25) is 0 Å². The maximum Gasteiger partial charge on any atom is 0.00100 e. The summed E-state index contributed by atoms with van der Waals surface area (Å²) in [4.78, 5) is 2.68. The van der Waals surface area contributed by atoms with Crippen LogP contribution in [0.1, 0.15) is 64.7 Å². The summed E-state index contributed by atoms with van der Waals surface area (Å²) in [5.74, 6) is 2.06. The van der Waals surface area contributed by atoms with Crippen LogP contribution in [0, 0.1) is 5.92 Å². The Morgan fingerprint density at radius 3 is 2.24 bits per heavy atom. The fourth-order valence-corrected chi connectivity index (χ4v) is 3.00. The molecule has 2 heteroatoms. The monoisotopic (exact) mass is 257 g/mol. The Bertz CT molecular complexity index is 172. The average molecular weight is 257 g/mol. The van der Waals surface area contributed by atoms with Crippen LogP contribution in [-0.2, 0) is 0 Å². The van der Waals surface area contributed by atoms with E-state index in [9.17, 15) is 0 Å². The van der Waals surface area contributed by atoms with E-state index in [0.29, 0.717) is 0 Å². The minimum Gasteiger partial charge on any atom is -0.303 e. The van der Waals surface area contributed by atoms with Gasteiger partial charge in [0.1, 0.15) is 0 Å². The van der Waals surface area contributed by atoms with Gasteiger partial charge in [0, 0.05) is 6.54 Å². The standard InChI is InChI=1S/C15H31NS/c1-2-15-10-12-16(14-15)11-8-6-4-3-5-7-9-13-17/h15,17H,2-14H2,1H3. The summed E-state index contributed by atoms with van der Waals surface area (Å²) in [6.07, 6.45) is 12.7. The van der Waals surface area contributed by atoms with Crippen molar-refractivity contribution >= 4 is 12.6 Å². The van der Waals surface area contributed by atoms with Crippen molar-refractivity contribution in [2.75, 3.05) is 25.4 Å². The summed E-state index contributed by atoms with van der Waals surface area (Å²) in [7, 11) is 0. The molecule has 0 saturated carbocycles. The zero-order valence-corrected chi connectivity index (χ0v) is 12.6. The predicted molar refractivity (Wildman–Crippen MR) is 81.0 cm³/mol. The lowest BCUT2D eigenvalue weighted by Crippen LogP contribution is -2.21. The molecule has 0 aliphatic carbocycles. The summed E-state index contributed by atoms with van der Waals surface area (Å²) in [6, 6.07) is 0. The molecule has 102 valence electrons. The molecule has 0 aromatic rings. The topological polar surface area (TPSA) is 3.24 Å². The largest absolute Gasteiger partial charge is 0.303 e. The number of hydrogen-bond donors (Lipinski definition) is 1. The van der Waals surface area contributed by atoms with Crippen LogP contribution in [0.3, 0.4) is 0 Å². The summed E-state index contributed by atoms with van der Waals surface area (Å²) < 4.78 is 0. The van der Waals surface area contributed by atoms with Crippen molar-refractivity contribution in [2.45, 2.75) is 64.7 Å². The maximum absolute atomic E-state index is 4.24. The van der Waals surface area contributed by atoms with Crippen LogP contribution in [0.25, 0.3) is 0 Å². The molecule has 1 atom stereocenters. The Morgan fingerprint density at radius 2 is 1.65 bits per heavy atom. The van der Waals surface area contributed by atoms with Crippen LogP contribution in [0.15, 0.2) is 0 Å². The zero-order chi connectivity index (χ0) is 12.3. The Kier molecular flexibility index (Phi) is 9.27. The van der Waals surface area contributed by atoms with E-state index in [2.05, 4.69) is 24.5 Å². The van der Waals surface area contributed by atoms with Crippen LogP contribution in [0.4, 0.5) is 0 Å². The second-order valence-corrected chi connectivity index (χ2v) is 6.01. The van der Waals surface area contributed by atoms with Crippen molar-refractivity contribution in [3.05, 3.63) is 0 Å². The molecule has 0 radical (unpaired) electrons. The van der Waals surface area contributed by atoms with Gasteiger partial charge in [0.2, 0.25) is 0 Å². The van der Waals surface area contributed by atoms with Gasteiger partial charge in [-0.2, -0.15) is 12.6 Å². The summed E-state index contributed by atoms with van der Waals surface area (Å²) >= 11 is 4.24. The third-order valence-electron chi connectivity index (χ3n) is 4.08. The van der Waals surface area contributed by atoms with E-state index >= 15 is 0 Å². The van der Waals surface area contributed by atoms with Gasteiger partial charge in [-0.05, 0) is 44.0 Å². The second-order valence-electron chi connectivity index (χ2n) is 5.56. The average Bonchev–Trinajstić information content (AvgIpc) is 2.80. The van der Waals surface area contributed by atoms with Crippen molar-refractivity contribution in [3.63, 3.8) is 0 Å². The van der Waals surface area contributed by atoms with E-state index < -0.39 is 0 Å². The molecule has 1 unspecified atom stereocenters. The Labute approximate surface area is 114 Å². The van der Waals surface area contributed by atoms with Crippen molar-refractivity contribution < 1.29 is 0 Å². The molecule has 0 amide bonds. The summed E-state index contributed by atoms with van der Waals surface area (Å²) in [6.45, 7) is 6.42. The smallest absolute Gasteiger partial charge is 0.00100 e. The number of thiol groups is 1. The van der Waals surface area contributed by atoms with Crippen molar-refractivity contribution in [1.82, 2.24) is 4.90 Å². The van der Waals surface area contributed by atoms with Gasteiger partial charge >= 0.3 is 0 Å². The highest BCUT2D eigenvalue weighted by Gasteiger charge is 2.19. The number of rotatable bonds is 10. The first-order valence-corrected chi connectivity index (χ1v) is 8.33. The molecule has 1 saturated heterocycles. The highest BCUT2D eigenvalue weighted by molar-refractivity contribution is 7.80. The number of unbranched alkanes of at least 4 members (excludes halogenated alkanes) is 6. The van der Waals surface area contributed by atoms with E-state index in [1.54, 1.807) is 0 Å². The molecule has 17 heavy (non-hydrogen) atoms. The number of nitrogens with zero attached hydrogens (tertiary/aromatic N) is 1. The fraction of sp³-hybridized carbons (Fsp3) is 1.00. The van der Waals surface area contributed by atoms with Gasteiger partial charge in [0.25, 0.3) is 0 Å². The lowest BCUT2D eigenvalue weighted by atomic mass is 10.1. The fourth-order valence-electron chi connectivity index (χ4n) is 2.78. The molecule has 1 rings (SSSR count). The third-order valence-corrected chi connectivity index (χ3v) is 4.40. The first-order valence-electron chi connectivity index (χ1n) is 7.70. The van der Waals surface area contributed by atoms with Gasteiger partial charge in [0.05, 0.1) is 0 Å². The van der Waals surface area contributed by atoms with Crippen molar-refractivity contribution in [3.8, 4) is 0 Å². The number of hydrogen-bond acceptors (Lipinski definition) is 2. The quantitative estimate of drug-likeness (QED) is 0.449. The van der Waals surface area contributed by atoms with Crippen LogP contribution in [0.5, 0.6) is 0 Å². The molecule has 0 bridgehead atoms. The van der Waals surface area contributed by atoms with E-state index in [1.165, 1.54) is 77.4 Å². The minimum absolute atomic E-state index is 0.997. The first kappa shape index (κ1) is 15.4. The molecular formula is C15H31NS. The Balaban J connectivity index is 1.81. The predicted octanol–water partition coefficient (Wildman–Crippen LogP) is 4.38. The van der Waals surface area contributed by atoms with Crippen LogP contribution in [-0.4, -0.2) is 30.3 Å². The zero-order valence-electron chi connectivity index (χ0n) is 11.7. The molecule has 1 fully saturated rings. The summed E-state index contributed by atoms with van der Waals surface area (Å²) in [5, 5.41) is 0. The summed E-state index contributed by atoms with van der Waals surface area (Å²) in [5.41, 5.74) is 0. The van der Waals surface area contributed by atoms with E-state index in [4.69, 9.17) is 0 Å². The lowest BCUT2D eigenvalue weighted by molar-refractivity contribution is 0.313. The van der Waals surface area contributed by atoms with Gasteiger partial charge < -0.3 is 4.90 Å². The van der Waals surface area contributed by atoms with Gasteiger partial charge in [0.15, 0.2) is 0 Å². The molecule has 0 N–H and O–H groups in total. The van der Waals surface area contributed by atoms with Crippen LogP contribution >= 0.6 is 12.6 Å². The molecule has 0 spiro atoms. The normalized spacial score (nSPS) is 21.2. The van der Waals surface area contributed by atoms with Gasteiger partial charge in [-0.1, -0.05) is 45.4 Å². The first-order chi connectivity index (χ1) is 8.36. The molecule has 1 nitrogen and oxygen atoms in total. The van der Waals surface area contributed by atoms with Gasteiger partial charge in [-0.25, -0.2) is 0 Å². The minimum atomic E-state index is 0.997. The SMILES string of the molecule is CCC1CCN(CCCCCCCCCS)C1. The van der Waals surface area contributed by atoms with E-state index in [-0.39, 0.29) is 0 Å². The van der Waals surface area contributed by atoms with Gasteiger partial charge in [-0.15, -0.1) is 0 Å². The lowest BCUT2D eigenvalue weighted by Gasteiger charge is -2.15. The molecule has 0 aromatic carbocycles. The van der Waals surface area contributed by atoms with E-state index in [0.717, 1.165) is 11.7 Å². The highest BCUT2D eigenvalue weighted by Crippen LogP contribution is 2.19. The second kappa shape index (κ2) is 10.3.